The van der Waals surface area contributed by atoms with Gasteiger partial charge in [-0.3, -0.25) is 10.4 Å². The lowest BCUT2D eigenvalue weighted by molar-refractivity contribution is 0.254. The van der Waals surface area contributed by atoms with Crippen molar-refractivity contribution in [1.29, 1.82) is 0 Å². The molecule has 1 atom stereocenters. The van der Waals surface area contributed by atoms with Crippen molar-refractivity contribution in [2.45, 2.75) is 6.17 Å². The molecule has 23 heavy (non-hydrogen) atoms. The Bertz CT molecular complexity index is 803. The summed E-state index contributed by atoms with van der Waals surface area (Å²) in [5, 5.41) is 14.6. The second kappa shape index (κ2) is 5.68. The molecular formula is C17H15ClN4O. The Morgan fingerprint density at radius 2 is 2.04 bits per heavy atom. The first kappa shape index (κ1) is 14.2. The number of hydrogen-bond donors (Lipinski definition) is 2. The first-order valence-electron chi connectivity index (χ1n) is 7.40. The van der Waals surface area contributed by atoms with Gasteiger partial charge in [-0.25, -0.2) is 0 Å². The SMILES string of the molecule is OCC1NN=C2CN=C(c3ccccc3)c3cc(Cl)ccc3N21. The van der Waals surface area contributed by atoms with Crippen molar-refractivity contribution in [3.63, 3.8) is 0 Å². The van der Waals surface area contributed by atoms with Crippen molar-refractivity contribution >= 4 is 28.8 Å². The van der Waals surface area contributed by atoms with Gasteiger partial charge < -0.3 is 10.0 Å². The number of hydrogen-bond acceptors (Lipinski definition) is 5. The van der Waals surface area contributed by atoms with Gasteiger partial charge in [-0.1, -0.05) is 41.9 Å². The molecule has 0 radical (unpaired) electrons. The van der Waals surface area contributed by atoms with E-state index in [0.29, 0.717) is 11.6 Å². The maximum atomic E-state index is 9.62. The molecule has 2 aliphatic heterocycles. The number of hydrazone groups is 1. The van der Waals surface area contributed by atoms with E-state index in [1.165, 1.54) is 0 Å². The molecule has 2 aromatic carbocycles. The zero-order valence-electron chi connectivity index (χ0n) is 12.3. The van der Waals surface area contributed by atoms with Crippen LogP contribution in [0.5, 0.6) is 0 Å². The summed E-state index contributed by atoms with van der Waals surface area (Å²) in [5.41, 5.74) is 6.75. The Hall–Kier alpha value is -2.37. The van der Waals surface area contributed by atoms with Gasteiger partial charge in [0.05, 0.1) is 24.6 Å². The number of nitrogens with one attached hydrogen (secondary N) is 1. The van der Waals surface area contributed by atoms with Crippen LogP contribution in [0.2, 0.25) is 5.02 Å². The molecule has 2 aromatic rings. The lowest BCUT2D eigenvalue weighted by Gasteiger charge is -2.26. The van der Waals surface area contributed by atoms with Crippen LogP contribution in [-0.2, 0) is 0 Å². The predicted molar refractivity (Wildman–Crippen MR) is 92.3 cm³/mol. The van der Waals surface area contributed by atoms with Crippen LogP contribution in [0, 0.1) is 0 Å². The largest absolute Gasteiger partial charge is 0.392 e. The second-order valence-corrected chi connectivity index (χ2v) is 5.85. The summed E-state index contributed by atoms with van der Waals surface area (Å²) in [6, 6.07) is 15.7. The summed E-state index contributed by atoms with van der Waals surface area (Å²) in [7, 11) is 0. The molecule has 2 N–H and O–H groups in total. The Morgan fingerprint density at radius 1 is 1.22 bits per heavy atom. The predicted octanol–water partition coefficient (Wildman–Crippen LogP) is 2.23. The number of nitrogens with zero attached hydrogens (tertiary/aromatic N) is 3. The molecule has 0 aliphatic carbocycles. The van der Waals surface area contributed by atoms with E-state index >= 15 is 0 Å². The van der Waals surface area contributed by atoms with Crippen molar-refractivity contribution in [2.24, 2.45) is 10.1 Å². The van der Waals surface area contributed by atoms with Gasteiger partial charge >= 0.3 is 0 Å². The van der Waals surface area contributed by atoms with Crippen LogP contribution >= 0.6 is 11.6 Å². The standard InChI is InChI=1S/C17H15ClN4O/c18-12-6-7-14-13(8-12)17(11-4-2-1-3-5-11)19-9-15-20-21-16(10-23)22(14)15/h1-8,16,21,23H,9-10H2. The van der Waals surface area contributed by atoms with Crippen LogP contribution in [0.25, 0.3) is 0 Å². The number of aliphatic imine (C=N–C) groups is 1. The smallest absolute Gasteiger partial charge is 0.152 e. The molecule has 6 heteroatoms. The maximum absolute atomic E-state index is 9.62. The molecule has 0 aromatic heterocycles. The molecule has 4 rings (SSSR count). The average Bonchev–Trinajstić information content (AvgIpc) is 2.92. The van der Waals surface area contributed by atoms with Crippen molar-refractivity contribution in [3.8, 4) is 0 Å². The fourth-order valence-corrected chi connectivity index (χ4v) is 3.14. The highest BCUT2D eigenvalue weighted by molar-refractivity contribution is 6.32. The quantitative estimate of drug-likeness (QED) is 0.889. The highest BCUT2D eigenvalue weighted by atomic mass is 35.5. The minimum absolute atomic E-state index is 0.0459. The Balaban J connectivity index is 1.92. The van der Waals surface area contributed by atoms with E-state index in [1.807, 2.05) is 53.4 Å². The highest BCUT2D eigenvalue weighted by Crippen LogP contribution is 2.32. The minimum Gasteiger partial charge on any atom is -0.392 e. The maximum Gasteiger partial charge on any atom is 0.152 e. The van der Waals surface area contributed by atoms with Crippen molar-refractivity contribution in [3.05, 3.63) is 64.7 Å². The van der Waals surface area contributed by atoms with E-state index < -0.39 is 0 Å². The first-order chi connectivity index (χ1) is 11.3. The lowest BCUT2D eigenvalue weighted by Crippen LogP contribution is -2.43. The van der Waals surface area contributed by atoms with Gasteiger partial charge in [0.1, 0.15) is 6.17 Å². The van der Waals surface area contributed by atoms with E-state index in [4.69, 9.17) is 16.6 Å². The minimum atomic E-state index is -0.282. The molecule has 0 saturated carbocycles. The third-order valence-electron chi connectivity index (χ3n) is 4.00. The summed E-state index contributed by atoms with van der Waals surface area (Å²) in [4.78, 5) is 6.74. The van der Waals surface area contributed by atoms with E-state index in [0.717, 1.165) is 28.4 Å². The zero-order chi connectivity index (χ0) is 15.8. The van der Waals surface area contributed by atoms with Crippen LogP contribution in [0.3, 0.4) is 0 Å². The molecule has 0 bridgehead atoms. The molecular weight excluding hydrogens is 312 g/mol. The molecule has 5 nitrogen and oxygen atoms in total. The number of aliphatic hydroxyl groups excluding tert-OH is 1. The third-order valence-corrected chi connectivity index (χ3v) is 4.24. The van der Waals surface area contributed by atoms with Crippen molar-refractivity contribution in [1.82, 2.24) is 5.43 Å². The normalized spacial score (nSPS) is 19.2. The van der Waals surface area contributed by atoms with Gasteiger partial charge in [-0.05, 0) is 18.2 Å². The average molecular weight is 327 g/mol. The van der Waals surface area contributed by atoms with Crippen LogP contribution in [0.15, 0.2) is 58.6 Å². The fraction of sp³-hybridized carbons (Fsp3) is 0.176. The van der Waals surface area contributed by atoms with E-state index in [2.05, 4.69) is 10.5 Å². The number of anilines is 1. The van der Waals surface area contributed by atoms with Crippen LogP contribution in [-0.4, -0.2) is 36.0 Å². The van der Waals surface area contributed by atoms with Crippen LogP contribution in [0.4, 0.5) is 5.69 Å². The highest BCUT2D eigenvalue weighted by Gasteiger charge is 2.33. The molecule has 0 amide bonds. The molecule has 1 unspecified atom stereocenters. The number of benzene rings is 2. The molecule has 0 fully saturated rings. The molecule has 2 heterocycles. The van der Waals surface area contributed by atoms with Gasteiger partial charge in [0, 0.05) is 16.1 Å². The summed E-state index contributed by atoms with van der Waals surface area (Å²) >= 11 is 6.23. The lowest BCUT2D eigenvalue weighted by atomic mass is 10.00. The number of halogens is 1. The van der Waals surface area contributed by atoms with Gasteiger partial charge in [-0.15, -0.1) is 0 Å². The number of rotatable bonds is 2. The van der Waals surface area contributed by atoms with E-state index in [1.54, 1.807) is 0 Å². The molecule has 116 valence electrons. The van der Waals surface area contributed by atoms with E-state index in [9.17, 15) is 5.11 Å². The fourth-order valence-electron chi connectivity index (χ4n) is 2.97. The summed E-state index contributed by atoms with van der Waals surface area (Å²) < 4.78 is 0. The monoisotopic (exact) mass is 326 g/mol. The van der Waals surface area contributed by atoms with Gasteiger partial charge in [-0.2, -0.15) is 5.10 Å². The number of fused-ring (bicyclic) bond motifs is 3. The molecule has 0 spiro atoms. The van der Waals surface area contributed by atoms with Crippen molar-refractivity contribution < 1.29 is 5.11 Å². The van der Waals surface area contributed by atoms with E-state index in [-0.39, 0.29) is 12.8 Å². The molecule has 0 saturated heterocycles. The van der Waals surface area contributed by atoms with Gasteiger partial charge in [0.2, 0.25) is 0 Å². The third kappa shape index (κ3) is 2.38. The Kier molecular flexibility index (Phi) is 3.52. The molecule has 2 aliphatic rings. The van der Waals surface area contributed by atoms with Gasteiger partial charge in [0.25, 0.3) is 0 Å². The summed E-state index contributed by atoms with van der Waals surface area (Å²) in [6.07, 6.45) is -0.282. The topological polar surface area (TPSA) is 60.2 Å². The number of aliphatic hydroxyl groups is 1. The number of amidine groups is 1. The van der Waals surface area contributed by atoms with Crippen molar-refractivity contribution in [2.75, 3.05) is 18.1 Å². The first-order valence-corrected chi connectivity index (χ1v) is 7.77. The van der Waals surface area contributed by atoms with Crippen LogP contribution in [0.1, 0.15) is 11.1 Å². The summed E-state index contributed by atoms with van der Waals surface area (Å²) in [5.74, 6) is 0.790. The van der Waals surface area contributed by atoms with Crippen LogP contribution < -0.4 is 10.3 Å². The zero-order valence-corrected chi connectivity index (χ0v) is 13.0. The Morgan fingerprint density at radius 3 is 2.83 bits per heavy atom. The second-order valence-electron chi connectivity index (χ2n) is 5.42. The Labute approximate surface area is 138 Å². The van der Waals surface area contributed by atoms with Gasteiger partial charge in [0.15, 0.2) is 5.84 Å². The summed E-state index contributed by atoms with van der Waals surface area (Å²) in [6.45, 7) is 0.399.